The first-order valence-corrected chi connectivity index (χ1v) is 5.81. The van der Waals surface area contributed by atoms with Crippen molar-refractivity contribution in [3.63, 3.8) is 0 Å². The molecule has 0 aromatic heterocycles. The molecule has 20 heavy (non-hydrogen) atoms. The molecule has 0 radical (unpaired) electrons. The molecule has 110 valence electrons. The van der Waals surface area contributed by atoms with Crippen LogP contribution in [0, 0.1) is 11.6 Å². The second-order valence-electron chi connectivity index (χ2n) is 4.58. The van der Waals surface area contributed by atoms with Crippen LogP contribution in [0.1, 0.15) is 12.8 Å². The lowest BCUT2D eigenvalue weighted by molar-refractivity contribution is -0.165. The average Bonchev–Trinajstić information content (AvgIpc) is 3.12. The summed E-state index contributed by atoms with van der Waals surface area (Å²) in [5.41, 5.74) is -2.71. The molecule has 0 saturated heterocycles. The van der Waals surface area contributed by atoms with Gasteiger partial charge < -0.3 is 5.32 Å². The predicted octanol–water partition coefficient (Wildman–Crippen LogP) is 2.59. The van der Waals surface area contributed by atoms with Crippen molar-refractivity contribution in [2.24, 2.45) is 0 Å². The monoisotopic (exact) mass is 294 g/mol. The molecule has 0 heterocycles. The molecule has 0 atom stereocenters. The average molecular weight is 294 g/mol. The molecule has 0 unspecified atom stereocenters. The number of amides is 1. The highest BCUT2D eigenvalue weighted by Crippen LogP contribution is 2.48. The Kier molecular flexibility index (Phi) is 3.68. The highest BCUT2D eigenvalue weighted by atomic mass is 19.4. The van der Waals surface area contributed by atoms with Crippen molar-refractivity contribution in [1.29, 1.82) is 0 Å². The maximum Gasteiger partial charge on any atom is 0.406 e. The van der Waals surface area contributed by atoms with Gasteiger partial charge in [0.1, 0.15) is 22.9 Å². The number of carbonyl (C=O) groups excluding carboxylic acids is 1. The Labute approximate surface area is 111 Å². The van der Waals surface area contributed by atoms with Crippen LogP contribution in [0.2, 0.25) is 0 Å². The summed E-state index contributed by atoms with van der Waals surface area (Å²) in [7, 11) is 0. The fourth-order valence-electron chi connectivity index (χ4n) is 1.74. The molecular weight excluding hydrogens is 283 g/mol. The first kappa shape index (κ1) is 14.7. The number of halogens is 5. The first-order valence-electron chi connectivity index (χ1n) is 5.81. The van der Waals surface area contributed by atoms with Gasteiger partial charge in [0, 0.05) is 0 Å². The number of alkyl halides is 3. The maximum atomic E-state index is 13.2. The summed E-state index contributed by atoms with van der Waals surface area (Å²) in [6.07, 6.45) is -4.67. The van der Waals surface area contributed by atoms with Crippen LogP contribution in [0.5, 0.6) is 0 Å². The molecule has 1 aromatic rings. The van der Waals surface area contributed by atoms with Crippen LogP contribution >= 0.6 is 0 Å². The van der Waals surface area contributed by atoms with Crippen molar-refractivity contribution < 1.29 is 26.7 Å². The Morgan fingerprint density at radius 2 is 1.75 bits per heavy atom. The van der Waals surface area contributed by atoms with E-state index in [0.717, 1.165) is 18.2 Å². The lowest BCUT2D eigenvalue weighted by Crippen LogP contribution is -2.47. The summed E-state index contributed by atoms with van der Waals surface area (Å²) in [6.45, 7) is -0.673. The predicted molar refractivity (Wildman–Crippen MR) is 61.0 cm³/mol. The third kappa shape index (κ3) is 2.90. The van der Waals surface area contributed by atoms with E-state index in [9.17, 15) is 26.7 Å². The summed E-state index contributed by atoms with van der Waals surface area (Å²) in [5.74, 6) is -2.92. The normalized spacial score (nSPS) is 16.9. The van der Waals surface area contributed by atoms with Crippen LogP contribution in [0.15, 0.2) is 18.2 Å². The van der Waals surface area contributed by atoms with E-state index in [0.29, 0.717) is 0 Å². The van der Waals surface area contributed by atoms with Gasteiger partial charge in [-0.1, -0.05) is 6.07 Å². The molecule has 1 saturated carbocycles. The standard InChI is InChI=1S/C12H11F5N2O/c13-7-2-1-3-8(14)10(7)19-9(20)6-18-11(4-5-11)12(15,16)17/h1-3,18H,4-6H2,(H,19,20). The smallest absolute Gasteiger partial charge is 0.320 e. The Morgan fingerprint density at radius 1 is 1.20 bits per heavy atom. The molecule has 1 aliphatic rings. The minimum absolute atomic E-state index is 0.113. The van der Waals surface area contributed by atoms with Gasteiger partial charge in [0.05, 0.1) is 6.54 Å². The fourth-order valence-corrected chi connectivity index (χ4v) is 1.74. The first-order chi connectivity index (χ1) is 9.25. The number of anilines is 1. The molecule has 0 spiro atoms. The zero-order valence-corrected chi connectivity index (χ0v) is 10.2. The van der Waals surface area contributed by atoms with Crippen LogP contribution in [-0.2, 0) is 4.79 Å². The van der Waals surface area contributed by atoms with Gasteiger partial charge in [-0.25, -0.2) is 8.78 Å². The highest BCUT2D eigenvalue weighted by molar-refractivity contribution is 5.92. The van der Waals surface area contributed by atoms with E-state index in [1.807, 2.05) is 5.32 Å². The van der Waals surface area contributed by atoms with Crippen LogP contribution in [0.3, 0.4) is 0 Å². The molecule has 1 aliphatic carbocycles. The van der Waals surface area contributed by atoms with Crippen molar-refractivity contribution in [3.05, 3.63) is 29.8 Å². The minimum atomic E-state index is -4.45. The van der Waals surface area contributed by atoms with E-state index in [2.05, 4.69) is 5.32 Å². The number of rotatable bonds is 4. The summed E-state index contributed by atoms with van der Waals surface area (Å²) in [5, 5.41) is 4.00. The highest BCUT2D eigenvalue weighted by Gasteiger charge is 2.63. The van der Waals surface area contributed by atoms with Gasteiger partial charge in [0.2, 0.25) is 5.91 Å². The molecule has 1 aromatic carbocycles. The topological polar surface area (TPSA) is 41.1 Å². The molecule has 2 N–H and O–H groups in total. The third-order valence-electron chi connectivity index (χ3n) is 3.11. The largest absolute Gasteiger partial charge is 0.406 e. The van der Waals surface area contributed by atoms with Crippen molar-refractivity contribution in [2.75, 3.05) is 11.9 Å². The molecule has 0 aliphatic heterocycles. The number of para-hydroxylation sites is 1. The van der Waals surface area contributed by atoms with E-state index in [4.69, 9.17) is 0 Å². The zero-order chi connectivity index (χ0) is 15.0. The number of carbonyl (C=O) groups is 1. The summed E-state index contributed by atoms with van der Waals surface area (Å²) in [4.78, 5) is 11.4. The quantitative estimate of drug-likeness (QED) is 0.838. The zero-order valence-electron chi connectivity index (χ0n) is 10.2. The molecule has 3 nitrogen and oxygen atoms in total. The maximum absolute atomic E-state index is 13.2. The van der Waals surface area contributed by atoms with Crippen molar-refractivity contribution in [3.8, 4) is 0 Å². The Bertz CT molecular complexity index is 505. The molecule has 8 heteroatoms. The van der Waals surface area contributed by atoms with Crippen molar-refractivity contribution >= 4 is 11.6 Å². The Morgan fingerprint density at radius 3 is 2.20 bits per heavy atom. The molecule has 1 fully saturated rings. The molecule has 1 amide bonds. The fraction of sp³-hybridized carbons (Fsp3) is 0.417. The number of hydrogen-bond donors (Lipinski definition) is 2. The number of hydrogen-bond acceptors (Lipinski definition) is 2. The van der Waals surface area contributed by atoms with Gasteiger partial charge in [-0.3, -0.25) is 10.1 Å². The second-order valence-corrected chi connectivity index (χ2v) is 4.58. The van der Waals surface area contributed by atoms with Crippen molar-refractivity contribution in [2.45, 2.75) is 24.6 Å². The van der Waals surface area contributed by atoms with Gasteiger partial charge in [-0.05, 0) is 25.0 Å². The Hall–Kier alpha value is -1.70. The third-order valence-corrected chi connectivity index (χ3v) is 3.11. The van der Waals surface area contributed by atoms with Crippen molar-refractivity contribution in [1.82, 2.24) is 5.32 Å². The van der Waals surface area contributed by atoms with Crippen LogP contribution in [0.25, 0.3) is 0 Å². The Balaban J connectivity index is 1.94. The molecule has 2 rings (SSSR count). The molecule has 0 bridgehead atoms. The summed E-state index contributed by atoms with van der Waals surface area (Å²) < 4.78 is 64.2. The van der Waals surface area contributed by atoms with Gasteiger partial charge in [-0.15, -0.1) is 0 Å². The van der Waals surface area contributed by atoms with E-state index < -0.39 is 41.5 Å². The van der Waals surface area contributed by atoms with E-state index in [1.54, 1.807) is 0 Å². The minimum Gasteiger partial charge on any atom is -0.320 e. The summed E-state index contributed by atoms with van der Waals surface area (Å²) in [6, 6.07) is 2.98. The van der Waals surface area contributed by atoms with Gasteiger partial charge in [-0.2, -0.15) is 13.2 Å². The number of nitrogens with one attached hydrogen (secondary N) is 2. The second kappa shape index (κ2) is 5.01. The lowest BCUT2D eigenvalue weighted by atomic mass is 10.2. The van der Waals surface area contributed by atoms with Crippen LogP contribution in [0.4, 0.5) is 27.6 Å². The van der Waals surface area contributed by atoms with Crippen LogP contribution < -0.4 is 10.6 Å². The summed E-state index contributed by atoms with van der Waals surface area (Å²) >= 11 is 0. The van der Waals surface area contributed by atoms with Gasteiger partial charge in [0.15, 0.2) is 0 Å². The van der Waals surface area contributed by atoms with Gasteiger partial charge >= 0.3 is 6.18 Å². The van der Waals surface area contributed by atoms with Gasteiger partial charge in [0.25, 0.3) is 0 Å². The number of benzene rings is 1. The van der Waals surface area contributed by atoms with E-state index in [1.165, 1.54) is 0 Å². The van der Waals surface area contributed by atoms with E-state index in [-0.39, 0.29) is 12.8 Å². The van der Waals surface area contributed by atoms with E-state index >= 15 is 0 Å². The molecular formula is C12H11F5N2O. The SMILES string of the molecule is O=C(CNC1(C(F)(F)F)CC1)Nc1c(F)cccc1F. The lowest BCUT2D eigenvalue weighted by Gasteiger charge is -2.20. The van der Waals surface area contributed by atoms with Crippen LogP contribution in [-0.4, -0.2) is 24.2 Å².